The van der Waals surface area contributed by atoms with Gasteiger partial charge in [0.2, 0.25) is 0 Å². The van der Waals surface area contributed by atoms with Gasteiger partial charge in [0, 0.05) is 22.9 Å². The Kier molecular flexibility index (Phi) is 5.72. The molecule has 4 rings (SSSR count). The highest BCUT2D eigenvalue weighted by Gasteiger charge is 2.19. The second-order valence-corrected chi connectivity index (χ2v) is 7.51. The van der Waals surface area contributed by atoms with Crippen molar-refractivity contribution in [1.82, 2.24) is 9.38 Å². The van der Waals surface area contributed by atoms with E-state index >= 15 is 0 Å². The summed E-state index contributed by atoms with van der Waals surface area (Å²) in [7, 11) is 0. The van der Waals surface area contributed by atoms with Crippen LogP contribution in [0.3, 0.4) is 0 Å². The first-order chi connectivity index (χ1) is 14.5. The predicted octanol–water partition coefficient (Wildman–Crippen LogP) is 3.56. The van der Waals surface area contributed by atoms with E-state index in [1.165, 1.54) is 11.6 Å². The molecule has 4 aromatic rings. The Bertz CT molecular complexity index is 1230. The van der Waals surface area contributed by atoms with Crippen LogP contribution in [0.15, 0.2) is 77.6 Å². The fourth-order valence-corrected chi connectivity index (χ4v) is 3.83. The number of halogens is 1. The lowest BCUT2D eigenvalue weighted by Gasteiger charge is -2.17. The first kappa shape index (κ1) is 20.0. The lowest BCUT2D eigenvalue weighted by molar-refractivity contribution is -0.702. The molecule has 0 radical (unpaired) electrons. The van der Waals surface area contributed by atoms with Gasteiger partial charge in [-0.15, -0.1) is 0 Å². The lowest BCUT2D eigenvalue weighted by Crippen LogP contribution is -2.84. The Labute approximate surface area is 175 Å². The highest BCUT2D eigenvalue weighted by atomic mass is 19.1. The van der Waals surface area contributed by atoms with Crippen LogP contribution in [-0.2, 0) is 13.0 Å². The summed E-state index contributed by atoms with van der Waals surface area (Å²) in [5.74, 6) is -0.256. The van der Waals surface area contributed by atoms with Crippen LogP contribution in [0, 0.1) is 12.7 Å². The molecular weight excluding hydrogens is 377 g/mol. The molecule has 0 spiro atoms. The predicted molar refractivity (Wildman–Crippen MR) is 116 cm³/mol. The van der Waals surface area contributed by atoms with Crippen LogP contribution in [0.1, 0.15) is 41.0 Å². The molecule has 0 fully saturated rings. The molecule has 2 N–H and O–H groups in total. The number of nitrogens with two attached hydrogens (primary N) is 1. The Balaban J connectivity index is 1.67. The number of benzene rings is 2. The second kappa shape index (κ2) is 8.59. The van der Waals surface area contributed by atoms with Crippen molar-refractivity contribution in [1.29, 1.82) is 0 Å². The maximum absolute atomic E-state index is 13.9. The van der Waals surface area contributed by atoms with Crippen molar-refractivity contribution >= 4 is 5.65 Å². The van der Waals surface area contributed by atoms with Gasteiger partial charge in [-0.05, 0) is 43.2 Å². The van der Waals surface area contributed by atoms with Crippen LogP contribution < -0.4 is 10.9 Å². The minimum atomic E-state index is -0.256. The molecule has 2 aromatic carbocycles. The molecule has 0 aliphatic rings. The third-order valence-electron chi connectivity index (χ3n) is 5.45. The van der Waals surface area contributed by atoms with Crippen molar-refractivity contribution in [2.75, 3.05) is 0 Å². The van der Waals surface area contributed by atoms with Gasteiger partial charge in [0.15, 0.2) is 0 Å². The molecule has 4 nitrogen and oxygen atoms in total. The number of quaternary nitrogens is 1. The van der Waals surface area contributed by atoms with Gasteiger partial charge in [-0.1, -0.05) is 49.4 Å². The van der Waals surface area contributed by atoms with E-state index in [4.69, 9.17) is 0 Å². The van der Waals surface area contributed by atoms with Gasteiger partial charge >= 0.3 is 0 Å². The number of aryl methyl sites for hydroxylation is 2. The Morgan fingerprint density at radius 2 is 1.77 bits per heavy atom. The van der Waals surface area contributed by atoms with E-state index in [9.17, 15) is 9.18 Å². The van der Waals surface area contributed by atoms with E-state index in [1.807, 2.05) is 31.2 Å². The average Bonchev–Trinajstić information content (AvgIpc) is 2.74. The highest BCUT2D eigenvalue weighted by Crippen LogP contribution is 2.20. The minimum Gasteiger partial charge on any atom is -0.331 e. The number of pyridine rings is 1. The van der Waals surface area contributed by atoms with Crippen LogP contribution in [0.5, 0.6) is 0 Å². The van der Waals surface area contributed by atoms with Gasteiger partial charge in [0.25, 0.3) is 5.56 Å². The van der Waals surface area contributed by atoms with E-state index in [0.717, 1.165) is 23.2 Å². The van der Waals surface area contributed by atoms with Crippen LogP contribution >= 0.6 is 0 Å². The average molecular weight is 402 g/mol. The van der Waals surface area contributed by atoms with Crippen molar-refractivity contribution in [2.24, 2.45) is 0 Å². The molecule has 0 saturated heterocycles. The number of fused-ring (bicyclic) bond motifs is 1. The van der Waals surface area contributed by atoms with Gasteiger partial charge < -0.3 is 5.32 Å². The first-order valence-corrected chi connectivity index (χ1v) is 10.2. The normalized spacial score (nSPS) is 12.2. The fourth-order valence-electron chi connectivity index (χ4n) is 3.83. The maximum Gasteiger partial charge on any atom is 0.258 e. The number of hydrogen-bond acceptors (Lipinski definition) is 2. The molecule has 2 heterocycles. The molecule has 2 aromatic heterocycles. The van der Waals surface area contributed by atoms with Crippen LogP contribution in [0.4, 0.5) is 4.39 Å². The zero-order chi connectivity index (χ0) is 21.1. The van der Waals surface area contributed by atoms with E-state index in [-0.39, 0.29) is 17.4 Å². The van der Waals surface area contributed by atoms with Crippen molar-refractivity contribution < 1.29 is 9.71 Å². The second-order valence-electron chi connectivity index (χ2n) is 7.51. The molecule has 0 unspecified atom stereocenters. The molecule has 0 aliphatic carbocycles. The Morgan fingerprint density at radius 3 is 2.50 bits per heavy atom. The van der Waals surface area contributed by atoms with Gasteiger partial charge in [-0.2, -0.15) is 0 Å². The zero-order valence-corrected chi connectivity index (χ0v) is 17.2. The summed E-state index contributed by atoms with van der Waals surface area (Å²) in [5.41, 5.74) is 5.35. The summed E-state index contributed by atoms with van der Waals surface area (Å²) in [6, 6.07) is 22.2. The number of aromatic nitrogens is 2. The Morgan fingerprint density at radius 1 is 1.00 bits per heavy atom. The largest absolute Gasteiger partial charge is 0.331 e. The molecular formula is C25H25FN3O+. The van der Waals surface area contributed by atoms with Gasteiger partial charge in [-0.3, -0.25) is 9.20 Å². The van der Waals surface area contributed by atoms with Crippen LogP contribution in [0.25, 0.3) is 5.65 Å². The molecule has 0 amide bonds. The van der Waals surface area contributed by atoms with Crippen molar-refractivity contribution in [3.63, 3.8) is 0 Å². The minimum absolute atomic E-state index is 0.0869. The number of nitrogens with zero attached hydrogens (tertiary/aromatic N) is 2. The van der Waals surface area contributed by atoms with E-state index in [1.54, 1.807) is 22.6 Å². The lowest BCUT2D eigenvalue weighted by atomic mass is 9.97. The number of hydrogen-bond donors (Lipinski definition) is 1. The smallest absolute Gasteiger partial charge is 0.258 e. The van der Waals surface area contributed by atoms with Crippen LogP contribution in [-0.4, -0.2) is 9.38 Å². The summed E-state index contributed by atoms with van der Waals surface area (Å²) in [5, 5.41) is 2.10. The Hall–Kier alpha value is -3.31. The quantitative estimate of drug-likeness (QED) is 0.536. The molecule has 0 saturated carbocycles. The molecule has 0 aliphatic heterocycles. The molecule has 1 atom stereocenters. The third-order valence-corrected chi connectivity index (χ3v) is 5.45. The highest BCUT2D eigenvalue weighted by molar-refractivity contribution is 5.40. The first-order valence-electron chi connectivity index (χ1n) is 10.2. The van der Waals surface area contributed by atoms with Crippen molar-refractivity contribution in [3.8, 4) is 0 Å². The zero-order valence-electron chi connectivity index (χ0n) is 17.2. The summed E-state index contributed by atoms with van der Waals surface area (Å²) in [6.07, 6.45) is 0.971. The standard InChI is InChI=1S/C25H24FN3O/c1-3-18-10-12-19(13-11-18)25(20-7-5-8-21(26)14-20)27-16-22-15-24(30)29-17(2)6-4-9-23(29)28-22/h4-15,25,27H,3,16H2,1-2H3/p+1/t25-/m0/s1. The SMILES string of the molecule is CCc1ccc([C@H]([NH2+]Cc2cc(=O)n3c(C)cccc3n2)c2cccc(F)c2)cc1. The van der Waals surface area contributed by atoms with E-state index in [0.29, 0.717) is 17.9 Å². The van der Waals surface area contributed by atoms with E-state index in [2.05, 4.69) is 41.5 Å². The maximum atomic E-state index is 13.9. The van der Waals surface area contributed by atoms with E-state index < -0.39 is 0 Å². The summed E-state index contributed by atoms with van der Waals surface area (Å²) in [4.78, 5) is 17.2. The van der Waals surface area contributed by atoms with Gasteiger partial charge in [0.1, 0.15) is 29.7 Å². The summed E-state index contributed by atoms with van der Waals surface area (Å²) >= 11 is 0. The molecule has 0 bridgehead atoms. The molecule has 152 valence electrons. The topological polar surface area (TPSA) is 51.0 Å². The third kappa shape index (κ3) is 4.16. The number of rotatable bonds is 6. The summed E-state index contributed by atoms with van der Waals surface area (Å²) < 4.78 is 15.5. The monoisotopic (exact) mass is 402 g/mol. The van der Waals surface area contributed by atoms with Gasteiger partial charge in [-0.25, -0.2) is 9.37 Å². The van der Waals surface area contributed by atoms with Crippen molar-refractivity contribution in [2.45, 2.75) is 32.9 Å². The summed E-state index contributed by atoms with van der Waals surface area (Å²) in [6.45, 7) is 4.52. The van der Waals surface area contributed by atoms with Gasteiger partial charge in [0.05, 0.1) is 0 Å². The fraction of sp³-hybridized carbons (Fsp3) is 0.200. The molecule has 30 heavy (non-hydrogen) atoms. The molecule has 5 heteroatoms. The van der Waals surface area contributed by atoms with Crippen molar-refractivity contribution in [3.05, 3.63) is 117 Å². The van der Waals surface area contributed by atoms with Crippen LogP contribution in [0.2, 0.25) is 0 Å².